The second-order valence-corrected chi connectivity index (χ2v) is 7.75. The fourth-order valence-corrected chi connectivity index (χ4v) is 3.74. The Bertz CT molecular complexity index is 1120. The molecule has 4 rings (SSSR count). The van der Waals surface area contributed by atoms with E-state index in [2.05, 4.69) is 15.3 Å². The van der Waals surface area contributed by atoms with Crippen molar-refractivity contribution >= 4 is 34.4 Å². The van der Waals surface area contributed by atoms with Crippen LogP contribution in [-0.2, 0) is 6.18 Å². The number of hydrogen-bond donors (Lipinski definition) is 1. The van der Waals surface area contributed by atoms with E-state index in [0.717, 1.165) is 6.07 Å². The van der Waals surface area contributed by atoms with E-state index >= 15 is 0 Å². The summed E-state index contributed by atoms with van der Waals surface area (Å²) in [5, 5.41) is 3.76. The predicted octanol–water partition coefficient (Wildman–Crippen LogP) is 4.94. The standard InChI is InChI=1S/C21H18ClF3N4O/c1-12-2-4-16(21(23,24)25)15(8-12)20(30)29-7-6-14(11-29)27-19-10-26-17-5-3-13(22)9-18(17)28-19/h2-5,8-10,14H,6-7,11H2,1H3,(H,27,28)/t14-/m1/s1. The largest absolute Gasteiger partial charge is 0.417 e. The highest BCUT2D eigenvalue weighted by Crippen LogP contribution is 2.33. The Morgan fingerprint density at radius 2 is 2.00 bits per heavy atom. The topological polar surface area (TPSA) is 58.1 Å². The van der Waals surface area contributed by atoms with E-state index in [9.17, 15) is 18.0 Å². The van der Waals surface area contributed by atoms with Crippen molar-refractivity contribution in [3.8, 4) is 0 Å². The summed E-state index contributed by atoms with van der Waals surface area (Å²) in [6.45, 7) is 2.30. The van der Waals surface area contributed by atoms with E-state index in [4.69, 9.17) is 11.6 Å². The van der Waals surface area contributed by atoms with E-state index in [1.165, 1.54) is 17.0 Å². The molecule has 1 amide bonds. The van der Waals surface area contributed by atoms with Crippen LogP contribution in [0.4, 0.5) is 19.0 Å². The molecule has 0 radical (unpaired) electrons. The summed E-state index contributed by atoms with van der Waals surface area (Å²) in [5.41, 5.74) is 0.709. The molecule has 9 heteroatoms. The third-order valence-electron chi connectivity index (χ3n) is 5.04. The molecule has 156 valence electrons. The van der Waals surface area contributed by atoms with E-state index in [1.54, 1.807) is 31.3 Å². The summed E-state index contributed by atoms with van der Waals surface area (Å²) < 4.78 is 40.0. The van der Waals surface area contributed by atoms with Crippen LogP contribution in [0.2, 0.25) is 5.02 Å². The van der Waals surface area contributed by atoms with E-state index in [-0.39, 0.29) is 18.2 Å². The van der Waals surface area contributed by atoms with Crippen LogP contribution in [0, 0.1) is 6.92 Å². The first-order valence-corrected chi connectivity index (χ1v) is 9.74. The highest BCUT2D eigenvalue weighted by atomic mass is 35.5. The number of aromatic nitrogens is 2. The molecule has 2 heterocycles. The molecule has 1 aromatic heterocycles. The number of carbonyl (C=O) groups excluding carboxylic acids is 1. The van der Waals surface area contributed by atoms with Gasteiger partial charge in [-0.2, -0.15) is 13.2 Å². The predicted molar refractivity (Wildman–Crippen MR) is 109 cm³/mol. The second-order valence-electron chi connectivity index (χ2n) is 7.32. The van der Waals surface area contributed by atoms with Crippen molar-refractivity contribution in [1.82, 2.24) is 14.9 Å². The van der Waals surface area contributed by atoms with Gasteiger partial charge in [-0.3, -0.25) is 9.78 Å². The van der Waals surface area contributed by atoms with Gasteiger partial charge in [-0.1, -0.05) is 23.2 Å². The van der Waals surface area contributed by atoms with Gasteiger partial charge in [0.15, 0.2) is 0 Å². The van der Waals surface area contributed by atoms with Gasteiger partial charge in [-0.25, -0.2) is 4.98 Å². The van der Waals surface area contributed by atoms with Gasteiger partial charge < -0.3 is 10.2 Å². The zero-order valence-electron chi connectivity index (χ0n) is 16.0. The molecule has 3 aromatic rings. The van der Waals surface area contributed by atoms with Crippen molar-refractivity contribution < 1.29 is 18.0 Å². The molecule has 0 saturated carbocycles. The van der Waals surface area contributed by atoms with Gasteiger partial charge in [0, 0.05) is 24.2 Å². The van der Waals surface area contributed by atoms with Crippen molar-refractivity contribution in [1.29, 1.82) is 0 Å². The SMILES string of the molecule is Cc1ccc(C(F)(F)F)c(C(=O)N2CC[C@@H](Nc3cnc4ccc(Cl)cc4n3)C2)c1. The van der Waals surface area contributed by atoms with Crippen LogP contribution in [0.15, 0.2) is 42.6 Å². The Balaban J connectivity index is 1.50. The molecule has 1 fully saturated rings. The molecule has 0 unspecified atom stereocenters. The zero-order chi connectivity index (χ0) is 21.5. The summed E-state index contributed by atoms with van der Waals surface area (Å²) in [5.74, 6) is -0.0951. The summed E-state index contributed by atoms with van der Waals surface area (Å²) in [4.78, 5) is 23.1. The van der Waals surface area contributed by atoms with Crippen molar-refractivity contribution in [3.63, 3.8) is 0 Å². The zero-order valence-corrected chi connectivity index (χ0v) is 16.8. The lowest BCUT2D eigenvalue weighted by Crippen LogP contribution is -2.33. The monoisotopic (exact) mass is 434 g/mol. The quantitative estimate of drug-likeness (QED) is 0.634. The first-order valence-electron chi connectivity index (χ1n) is 9.37. The molecular formula is C21H18ClF3N4O. The van der Waals surface area contributed by atoms with Crippen LogP contribution in [0.1, 0.15) is 27.9 Å². The van der Waals surface area contributed by atoms with E-state index in [0.29, 0.717) is 40.4 Å². The number of anilines is 1. The average molecular weight is 435 g/mol. The first-order chi connectivity index (χ1) is 14.2. The Hall–Kier alpha value is -2.87. The van der Waals surface area contributed by atoms with Crippen LogP contribution in [0.3, 0.4) is 0 Å². The van der Waals surface area contributed by atoms with Gasteiger partial charge in [0.1, 0.15) is 5.82 Å². The minimum atomic E-state index is -4.59. The Morgan fingerprint density at radius 3 is 2.77 bits per heavy atom. The van der Waals surface area contributed by atoms with E-state index in [1.807, 2.05) is 0 Å². The number of aryl methyl sites for hydroxylation is 1. The summed E-state index contributed by atoms with van der Waals surface area (Å²) in [7, 11) is 0. The van der Waals surface area contributed by atoms with Crippen LogP contribution in [0.5, 0.6) is 0 Å². The van der Waals surface area contributed by atoms with E-state index < -0.39 is 17.6 Å². The van der Waals surface area contributed by atoms with Gasteiger partial charge in [0.05, 0.1) is 28.4 Å². The minimum Gasteiger partial charge on any atom is -0.364 e. The Labute approximate surface area is 175 Å². The number of rotatable bonds is 3. The second kappa shape index (κ2) is 7.75. The molecular weight excluding hydrogens is 417 g/mol. The van der Waals surface area contributed by atoms with Crippen molar-refractivity contribution in [2.24, 2.45) is 0 Å². The maximum absolute atomic E-state index is 13.3. The third-order valence-corrected chi connectivity index (χ3v) is 5.28. The molecule has 1 aliphatic heterocycles. The molecule has 5 nitrogen and oxygen atoms in total. The number of fused-ring (bicyclic) bond motifs is 1. The average Bonchev–Trinajstić information content (AvgIpc) is 3.14. The van der Waals surface area contributed by atoms with Crippen molar-refractivity contribution in [3.05, 3.63) is 64.3 Å². The molecule has 0 bridgehead atoms. The Kier molecular flexibility index (Phi) is 5.27. The molecule has 1 N–H and O–H groups in total. The highest BCUT2D eigenvalue weighted by Gasteiger charge is 2.37. The number of amides is 1. The lowest BCUT2D eigenvalue weighted by Gasteiger charge is -2.20. The number of benzene rings is 2. The lowest BCUT2D eigenvalue weighted by molar-refractivity contribution is -0.138. The Morgan fingerprint density at radius 1 is 1.20 bits per heavy atom. The van der Waals surface area contributed by atoms with Gasteiger partial charge in [-0.15, -0.1) is 0 Å². The van der Waals surface area contributed by atoms with Crippen LogP contribution >= 0.6 is 11.6 Å². The summed E-state index contributed by atoms with van der Waals surface area (Å²) in [6, 6.07) is 8.68. The van der Waals surface area contributed by atoms with Gasteiger partial charge in [0.25, 0.3) is 5.91 Å². The molecule has 1 aliphatic rings. The number of hydrogen-bond acceptors (Lipinski definition) is 4. The fourth-order valence-electron chi connectivity index (χ4n) is 3.58. The van der Waals surface area contributed by atoms with Crippen molar-refractivity contribution in [2.75, 3.05) is 18.4 Å². The summed E-state index contributed by atoms with van der Waals surface area (Å²) >= 11 is 6.00. The lowest BCUT2D eigenvalue weighted by atomic mass is 10.0. The number of alkyl halides is 3. The number of nitrogens with zero attached hydrogens (tertiary/aromatic N) is 3. The maximum Gasteiger partial charge on any atom is 0.417 e. The van der Waals surface area contributed by atoms with Crippen LogP contribution in [-0.4, -0.2) is 39.9 Å². The van der Waals surface area contributed by atoms with Crippen LogP contribution < -0.4 is 5.32 Å². The molecule has 0 aliphatic carbocycles. The van der Waals surface area contributed by atoms with Crippen molar-refractivity contribution in [2.45, 2.75) is 25.6 Å². The van der Waals surface area contributed by atoms with Gasteiger partial charge >= 0.3 is 6.18 Å². The molecule has 0 spiro atoms. The van der Waals surface area contributed by atoms with Gasteiger partial charge in [0.2, 0.25) is 0 Å². The smallest absolute Gasteiger partial charge is 0.364 e. The molecule has 2 aromatic carbocycles. The maximum atomic E-state index is 13.3. The minimum absolute atomic E-state index is 0.140. The molecule has 30 heavy (non-hydrogen) atoms. The van der Waals surface area contributed by atoms with Crippen LogP contribution in [0.25, 0.3) is 11.0 Å². The third kappa shape index (κ3) is 4.18. The number of carbonyl (C=O) groups is 1. The number of nitrogens with one attached hydrogen (secondary N) is 1. The summed E-state index contributed by atoms with van der Waals surface area (Å²) in [6.07, 6.45) is -2.41. The highest BCUT2D eigenvalue weighted by molar-refractivity contribution is 6.31. The number of likely N-dealkylation sites (tertiary alicyclic amines) is 1. The number of halogens is 4. The molecule has 1 saturated heterocycles. The first kappa shape index (κ1) is 20.4. The normalized spacial score (nSPS) is 16.8. The fraction of sp³-hybridized carbons (Fsp3) is 0.286. The molecule has 1 atom stereocenters. The van der Waals surface area contributed by atoms with Gasteiger partial charge in [-0.05, 0) is 43.7 Å².